The first-order valence-corrected chi connectivity index (χ1v) is 6.81. The molecule has 0 aliphatic heterocycles. The third-order valence-corrected chi connectivity index (χ3v) is 3.90. The summed E-state index contributed by atoms with van der Waals surface area (Å²) in [5.41, 5.74) is 0.173. The highest BCUT2D eigenvalue weighted by Crippen LogP contribution is 2.24. The molecule has 0 amide bonds. The number of nitriles is 1. The molecular weight excluding hydrogens is 292 g/mol. The van der Waals surface area contributed by atoms with Gasteiger partial charge in [-0.15, -0.1) is 5.10 Å². The average molecular weight is 299 g/mol. The molecule has 0 saturated heterocycles. The van der Waals surface area contributed by atoms with Gasteiger partial charge in [0.1, 0.15) is 4.90 Å². The maximum Gasteiger partial charge on any atom is 0.329 e. The van der Waals surface area contributed by atoms with Crippen molar-refractivity contribution in [1.29, 1.82) is 5.26 Å². The first kappa shape index (κ1) is 13.3. The van der Waals surface area contributed by atoms with E-state index in [9.17, 15) is 8.42 Å². The van der Waals surface area contributed by atoms with Crippen molar-refractivity contribution in [3.05, 3.63) is 34.7 Å². The normalized spacial score (nSPS) is 11.0. The number of hydrogen-bond acceptors (Lipinski definition) is 6. The Morgan fingerprint density at radius 3 is 2.74 bits per heavy atom. The van der Waals surface area contributed by atoms with Crippen LogP contribution in [0.1, 0.15) is 11.5 Å². The van der Waals surface area contributed by atoms with Gasteiger partial charge in [-0.05, 0) is 18.2 Å². The summed E-state index contributed by atoms with van der Waals surface area (Å²) >= 11 is 5.81. The minimum absolute atomic E-state index is 0.0114. The molecule has 98 valence electrons. The van der Waals surface area contributed by atoms with Crippen molar-refractivity contribution in [2.75, 3.05) is 4.72 Å². The van der Waals surface area contributed by atoms with Crippen LogP contribution in [0.3, 0.4) is 0 Å². The Bertz CT molecular complexity index is 763. The van der Waals surface area contributed by atoms with E-state index >= 15 is 0 Å². The summed E-state index contributed by atoms with van der Waals surface area (Å²) in [4.78, 5) is -0.232. The van der Waals surface area contributed by atoms with Gasteiger partial charge in [0, 0.05) is 6.92 Å². The van der Waals surface area contributed by atoms with Crippen molar-refractivity contribution in [2.24, 2.45) is 0 Å². The Morgan fingerprint density at radius 1 is 1.42 bits per heavy atom. The number of halogens is 1. The molecule has 1 aromatic carbocycles. The molecule has 0 unspecified atom stereocenters. The van der Waals surface area contributed by atoms with E-state index in [1.807, 2.05) is 6.07 Å². The first-order valence-electron chi connectivity index (χ1n) is 4.95. The number of benzene rings is 1. The summed E-state index contributed by atoms with van der Waals surface area (Å²) in [6.07, 6.45) is 0. The number of nitrogens with one attached hydrogen (secondary N) is 1. The molecule has 0 saturated carbocycles. The molecule has 0 aliphatic rings. The van der Waals surface area contributed by atoms with Crippen molar-refractivity contribution < 1.29 is 12.8 Å². The van der Waals surface area contributed by atoms with E-state index in [1.54, 1.807) is 0 Å². The van der Waals surface area contributed by atoms with Gasteiger partial charge in [0.05, 0.1) is 16.7 Å². The van der Waals surface area contributed by atoms with Crippen molar-refractivity contribution in [1.82, 2.24) is 10.2 Å². The average Bonchev–Trinajstić information content (AvgIpc) is 2.74. The Labute approximate surface area is 113 Å². The fourth-order valence-electron chi connectivity index (χ4n) is 1.29. The number of sulfonamides is 1. The van der Waals surface area contributed by atoms with Crippen LogP contribution in [0.4, 0.5) is 6.01 Å². The molecule has 2 rings (SSSR count). The van der Waals surface area contributed by atoms with Crippen LogP contribution in [-0.4, -0.2) is 18.6 Å². The Morgan fingerprint density at radius 2 is 2.16 bits per heavy atom. The molecule has 9 heteroatoms. The van der Waals surface area contributed by atoms with Gasteiger partial charge in [-0.3, -0.25) is 0 Å². The number of rotatable bonds is 3. The summed E-state index contributed by atoms with van der Waals surface area (Å²) in [7, 11) is -3.99. The topological polar surface area (TPSA) is 109 Å². The van der Waals surface area contributed by atoms with Crippen molar-refractivity contribution >= 4 is 27.6 Å². The summed E-state index contributed by atoms with van der Waals surface area (Å²) in [5.74, 6) is 0.217. The minimum Gasteiger partial charge on any atom is -0.408 e. The molecule has 2 aromatic rings. The third kappa shape index (κ3) is 2.83. The van der Waals surface area contributed by atoms with E-state index < -0.39 is 10.0 Å². The number of aryl methyl sites for hydroxylation is 1. The van der Waals surface area contributed by atoms with Gasteiger partial charge in [0.2, 0.25) is 5.89 Å². The SMILES string of the molecule is Cc1nnc(NS(=O)(=O)c2cc(C#N)ccc2Cl)o1. The lowest BCUT2D eigenvalue weighted by molar-refractivity contribution is 0.534. The zero-order valence-corrected chi connectivity index (χ0v) is 11.2. The predicted octanol–water partition coefficient (Wildman–Crippen LogP) is 1.70. The van der Waals surface area contributed by atoms with Crippen LogP contribution in [0.15, 0.2) is 27.5 Å². The van der Waals surface area contributed by atoms with Crippen LogP contribution in [-0.2, 0) is 10.0 Å². The molecular formula is C10H7ClN4O3S. The highest BCUT2D eigenvalue weighted by molar-refractivity contribution is 7.92. The molecule has 7 nitrogen and oxygen atoms in total. The molecule has 0 fully saturated rings. The van der Waals surface area contributed by atoms with Gasteiger partial charge < -0.3 is 4.42 Å². The van der Waals surface area contributed by atoms with Crippen molar-refractivity contribution in [3.8, 4) is 6.07 Å². The van der Waals surface area contributed by atoms with E-state index in [-0.39, 0.29) is 27.4 Å². The minimum atomic E-state index is -3.99. The summed E-state index contributed by atoms with van der Waals surface area (Å²) in [5, 5.41) is 15.8. The molecule has 19 heavy (non-hydrogen) atoms. The predicted molar refractivity (Wildman–Crippen MR) is 66.0 cm³/mol. The monoisotopic (exact) mass is 298 g/mol. The first-order chi connectivity index (χ1) is 8.92. The lowest BCUT2D eigenvalue weighted by Crippen LogP contribution is -2.14. The van der Waals surface area contributed by atoms with Crippen LogP contribution in [0, 0.1) is 18.3 Å². The Kier molecular flexibility index (Phi) is 3.42. The van der Waals surface area contributed by atoms with Crippen LogP contribution < -0.4 is 4.72 Å². The molecule has 1 N–H and O–H groups in total. The summed E-state index contributed by atoms with van der Waals surface area (Å²) in [6, 6.07) is 5.47. The maximum absolute atomic E-state index is 12.1. The maximum atomic E-state index is 12.1. The number of nitrogens with zero attached hydrogens (tertiary/aromatic N) is 3. The van der Waals surface area contributed by atoms with Crippen molar-refractivity contribution in [2.45, 2.75) is 11.8 Å². The second-order valence-corrected chi connectivity index (χ2v) is 5.55. The molecule has 0 bridgehead atoms. The standard InChI is InChI=1S/C10H7ClN4O3S/c1-6-13-14-10(18-6)15-19(16,17)9-4-7(5-12)2-3-8(9)11/h2-4H,1H3,(H,14,15). The van der Waals surface area contributed by atoms with Crippen LogP contribution in [0.5, 0.6) is 0 Å². The van der Waals surface area contributed by atoms with Crippen molar-refractivity contribution in [3.63, 3.8) is 0 Å². The Balaban J connectivity index is 2.42. The van der Waals surface area contributed by atoms with E-state index in [0.29, 0.717) is 0 Å². The largest absolute Gasteiger partial charge is 0.408 e. The second kappa shape index (κ2) is 4.87. The van der Waals surface area contributed by atoms with Crippen LogP contribution in [0.25, 0.3) is 0 Å². The van der Waals surface area contributed by atoms with Gasteiger partial charge in [-0.25, -0.2) is 13.1 Å². The van der Waals surface area contributed by atoms with E-state index in [1.165, 1.54) is 19.1 Å². The van der Waals surface area contributed by atoms with E-state index in [0.717, 1.165) is 6.07 Å². The highest BCUT2D eigenvalue weighted by Gasteiger charge is 2.21. The van der Waals surface area contributed by atoms with Gasteiger partial charge >= 0.3 is 6.01 Å². The summed E-state index contributed by atoms with van der Waals surface area (Å²) < 4.78 is 31.1. The van der Waals surface area contributed by atoms with Gasteiger partial charge in [0.25, 0.3) is 10.0 Å². The molecule has 0 aliphatic carbocycles. The van der Waals surface area contributed by atoms with Gasteiger partial charge in [-0.2, -0.15) is 5.26 Å². The van der Waals surface area contributed by atoms with Crippen LogP contribution in [0.2, 0.25) is 5.02 Å². The highest BCUT2D eigenvalue weighted by atomic mass is 35.5. The van der Waals surface area contributed by atoms with E-state index in [2.05, 4.69) is 14.9 Å². The lowest BCUT2D eigenvalue weighted by atomic mass is 10.2. The molecule has 1 heterocycles. The summed E-state index contributed by atoms with van der Waals surface area (Å²) in [6.45, 7) is 1.52. The van der Waals surface area contributed by atoms with Crippen LogP contribution >= 0.6 is 11.6 Å². The fraction of sp³-hybridized carbons (Fsp3) is 0.100. The van der Waals surface area contributed by atoms with E-state index in [4.69, 9.17) is 21.3 Å². The quantitative estimate of drug-likeness (QED) is 0.923. The molecule has 0 atom stereocenters. The second-order valence-electron chi connectivity index (χ2n) is 3.49. The molecule has 0 spiro atoms. The van der Waals surface area contributed by atoms with Gasteiger partial charge in [0.15, 0.2) is 0 Å². The number of anilines is 1. The third-order valence-electron chi connectivity index (χ3n) is 2.10. The molecule has 1 aromatic heterocycles. The number of hydrogen-bond donors (Lipinski definition) is 1. The van der Waals surface area contributed by atoms with Gasteiger partial charge in [-0.1, -0.05) is 16.7 Å². The Hall–Kier alpha value is -2.11. The fourth-order valence-corrected chi connectivity index (χ4v) is 2.74. The lowest BCUT2D eigenvalue weighted by Gasteiger charge is -2.06. The zero-order chi connectivity index (χ0) is 14.0. The molecule has 0 radical (unpaired) electrons. The zero-order valence-electron chi connectivity index (χ0n) is 9.58. The smallest absolute Gasteiger partial charge is 0.329 e. The number of aromatic nitrogens is 2.